The summed E-state index contributed by atoms with van der Waals surface area (Å²) in [4.78, 5) is 77.3. The molecular weight excluding hydrogens is 676 g/mol. The van der Waals surface area contributed by atoms with Crippen LogP contribution in [-0.2, 0) is 28.7 Å². The average Bonchev–Trinajstić information content (AvgIpc) is 3.30. The largest absolute Gasteiger partial charge is 0.447 e. The third kappa shape index (κ3) is 10.2. The Kier molecular flexibility index (Phi) is 12.8. The molecule has 0 radical (unpaired) electrons. The molecule has 288 valence electrons. The lowest BCUT2D eigenvalue weighted by atomic mass is 9.80. The summed E-state index contributed by atoms with van der Waals surface area (Å²) in [5.41, 5.74) is 3.00. The van der Waals surface area contributed by atoms with Crippen molar-refractivity contribution in [3.8, 4) is 0 Å². The number of Topliss-reactive ketones (excluding diaryl/α,β-unsaturated/α-hetero) is 1. The second-order valence-electron chi connectivity index (χ2n) is 17.9. The normalized spacial score (nSPS) is 27.1. The van der Waals surface area contributed by atoms with Gasteiger partial charge in [-0.1, -0.05) is 66.7 Å². The van der Waals surface area contributed by atoms with Crippen LogP contribution in [0.1, 0.15) is 138 Å². The van der Waals surface area contributed by atoms with Gasteiger partial charge in [0.1, 0.15) is 23.3 Å². The predicted molar refractivity (Wildman–Crippen MR) is 193 cm³/mol. The molecule has 5 atom stereocenters. The lowest BCUT2D eigenvalue weighted by Crippen LogP contribution is -2.61. The molecule has 51 heavy (non-hydrogen) atoms. The second-order valence-corrected chi connectivity index (χ2v) is 18.2. The minimum atomic E-state index is -1.07. The van der Waals surface area contributed by atoms with Gasteiger partial charge in [-0.25, -0.2) is 9.59 Å². The number of alkyl carbamates (subject to hydrolysis) is 1. The summed E-state index contributed by atoms with van der Waals surface area (Å²) in [6.45, 7) is 14.0. The first-order valence-electron chi connectivity index (χ1n) is 19.0. The molecule has 4 amide bonds. The van der Waals surface area contributed by atoms with E-state index in [4.69, 9.17) is 26.8 Å². The fourth-order valence-electron chi connectivity index (χ4n) is 8.72. The molecule has 5 aliphatic rings. The topological polar surface area (TPSA) is 174 Å². The van der Waals surface area contributed by atoms with Crippen molar-refractivity contribution < 1.29 is 38.2 Å². The van der Waals surface area contributed by atoms with Crippen molar-refractivity contribution >= 4 is 46.6 Å². The third-order valence-corrected chi connectivity index (χ3v) is 12.4. The lowest BCUT2D eigenvalue weighted by molar-refractivity contribution is -0.145. The highest BCUT2D eigenvalue weighted by molar-refractivity contribution is 6.61. The molecule has 0 aromatic heterocycles. The zero-order valence-electron chi connectivity index (χ0n) is 31.7. The number of amides is 4. The molecule has 1 saturated heterocycles. The first-order chi connectivity index (χ1) is 23.7. The number of likely N-dealkylation sites (tertiary alicyclic amines) is 1. The van der Waals surface area contributed by atoms with E-state index in [0.29, 0.717) is 13.0 Å². The number of ketones is 1. The quantitative estimate of drug-likeness (QED) is 0.177. The molecular formula is C38H61ClN4O8. The number of piperidine rings is 1. The van der Waals surface area contributed by atoms with Crippen LogP contribution < -0.4 is 16.4 Å². The number of carbonyl (C=O) groups is 6. The Morgan fingerprint density at radius 3 is 1.80 bits per heavy atom. The first kappa shape index (κ1) is 40.9. The molecule has 4 saturated carbocycles. The number of hydrogen-bond donors (Lipinski definition) is 3. The molecule has 0 aromatic carbocycles. The number of fused-ring (bicyclic) bond motifs is 1. The summed E-state index contributed by atoms with van der Waals surface area (Å²) in [6.07, 6.45) is 12.8. The number of nitrogens with two attached hydrogens (primary N) is 1. The van der Waals surface area contributed by atoms with E-state index in [1.54, 1.807) is 4.90 Å². The van der Waals surface area contributed by atoms with Gasteiger partial charge in [0.15, 0.2) is 0 Å². The number of hydrogen-bond acceptors (Lipinski definition) is 8. The first-order valence-corrected chi connectivity index (χ1v) is 19.4. The van der Waals surface area contributed by atoms with Gasteiger partial charge in [0.2, 0.25) is 17.6 Å². The monoisotopic (exact) mass is 736 g/mol. The van der Waals surface area contributed by atoms with Crippen molar-refractivity contribution in [2.75, 3.05) is 6.54 Å². The Labute approximate surface area is 308 Å². The second kappa shape index (κ2) is 16.0. The fraction of sp³-hybridized carbons (Fsp3) is 0.842. The summed E-state index contributed by atoms with van der Waals surface area (Å²) in [6, 6.07) is -2.73. The smallest absolute Gasteiger partial charge is 0.408 e. The zero-order chi connectivity index (χ0) is 37.9. The van der Waals surface area contributed by atoms with Gasteiger partial charge in [0, 0.05) is 18.1 Å². The Morgan fingerprint density at radius 1 is 0.824 bits per heavy atom. The fourth-order valence-corrected chi connectivity index (χ4v) is 8.90. The summed E-state index contributed by atoms with van der Waals surface area (Å²) in [5, 5.41) is 5.63. The highest BCUT2D eigenvalue weighted by Gasteiger charge is 2.70. The maximum absolute atomic E-state index is 14.1. The van der Waals surface area contributed by atoms with Gasteiger partial charge in [-0.05, 0) is 100 Å². The Hall–Kier alpha value is -2.89. The Balaban J connectivity index is 0.000000452. The van der Waals surface area contributed by atoms with Crippen molar-refractivity contribution in [3.63, 3.8) is 0 Å². The van der Waals surface area contributed by atoms with Crippen LogP contribution in [0, 0.1) is 28.6 Å². The molecule has 5 fully saturated rings. The van der Waals surface area contributed by atoms with Gasteiger partial charge >= 0.3 is 11.5 Å². The van der Waals surface area contributed by atoms with E-state index >= 15 is 0 Å². The van der Waals surface area contributed by atoms with E-state index in [1.165, 1.54) is 6.42 Å². The van der Waals surface area contributed by atoms with Crippen LogP contribution in [0.4, 0.5) is 9.59 Å². The van der Waals surface area contributed by atoms with Crippen molar-refractivity contribution in [3.05, 3.63) is 0 Å². The van der Waals surface area contributed by atoms with Crippen LogP contribution in [0.2, 0.25) is 0 Å². The van der Waals surface area contributed by atoms with Gasteiger partial charge in [0.25, 0.3) is 5.91 Å². The summed E-state index contributed by atoms with van der Waals surface area (Å²) >= 11 is 5.14. The van der Waals surface area contributed by atoms with Crippen molar-refractivity contribution in [2.45, 2.75) is 168 Å². The van der Waals surface area contributed by atoms with Crippen LogP contribution >= 0.6 is 11.6 Å². The van der Waals surface area contributed by atoms with Crippen LogP contribution in [0.3, 0.4) is 0 Å². The van der Waals surface area contributed by atoms with E-state index < -0.39 is 58.3 Å². The maximum Gasteiger partial charge on any atom is 0.408 e. The molecule has 4 N–H and O–H groups in total. The molecule has 0 aromatic rings. The van der Waals surface area contributed by atoms with E-state index in [0.717, 1.165) is 77.0 Å². The molecule has 0 bridgehead atoms. The van der Waals surface area contributed by atoms with Gasteiger partial charge in [-0.3, -0.25) is 19.2 Å². The van der Waals surface area contributed by atoms with Crippen LogP contribution in [0.5, 0.6) is 0 Å². The summed E-state index contributed by atoms with van der Waals surface area (Å²) in [5.74, 6) is -2.39. The summed E-state index contributed by atoms with van der Waals surface area (Å²) in [7, 11) is 0. The molecule has 1 aliphatic heterocycles. The Morgan fingerprint density at radius 2 is 1.35 bits per heavy atom. The average molecular weight is 737 g/mol. The molecule has 13 heteroatoms. The van der Waals surface area contributed by atoms with Crippen molar-refractivity contribution in [1.82, 2.24) is 15.5 Å². The number of halogens is 1. The number of nitrogens with zero attached hydrogens (tertiary/aromatic N) is 1. The molecule has 0 spiro atoms. The van der Waals surface area contributed by atoms with Crippen LogP contribution in [-0.4, -0.2) is 75.8 Å². The van der Waals surface area contributed by atoms with Crippen molar-refractivity contribution in [2.24, 2.45) is 34.3 Å². The SMILES string of the molecule is CC1(OC(=O)Cl)CCCCC1.CC1(OC(=O)N[C@H](C(=O)N2C[C@H]3[C@@H](C2C(=O)NC(CC2CCC2)C(=O)C(N)=O)C3(C)C)C(C)(C)C)CCCCC1. The Bertz CT molecular complexity index is 1330. The summed E-state index contributed by atoms with van der Waals surface area (Å²) < 4.78 is 10.8. The minimum Gasteiger partial charge on any atom is -0.447 e. The zero-order valence-corrected chi connectivity index (χ0v) is 32.5. The highest BCUT2D eigenvalue weighted by Crippen LogP contribution is 2.65. The third-order valence-electron chi connectivity index (χ3n) is 12.3. The van der Waals surface area contributed by atoms with Gasteiger partial charge in [0.05, 0.1) is 6.04 Å². The standard InChI is InChI=1S/C30H48N4O6.C8H13ClO2/c1-28(2,3)23(33-27(39)40-30(6)13-8-7-9-14-30)26(38)34-16-18-20(29(18,4)5)21(34)25(37)32-19(22(35)24(31)36)15-17-11-10-12-17;1-8(11-7(9)10)5-3-2-4-6-8/h17-21,23H,7-16H2,1-6H3,(H2,31,36)(H,32,37)(H,33,39);2-6H2,1H3/t18-,19?,20-,21?,23+;/m0./s1. The van der Waals surface area contributed by atoms with Crippen molar-refractivity contribution in [1.29, 1.82) is 0 Å². The minimum absolute atomic E-state index is 0.0850. The van der Waals surface area contributed by atoms with Crippen LogP contribution in [0.15, 0.2) is 0 Å². The van der Waals surface area contributed by atoms with Crippen LogP contribution in [0.25, 0.3) is 0 Å². The molecule has 1 heterocycles. The number of carbonyl (C=O) groups excluding carboxylic acids is 6. The molecule has 2 unspecified atom stereocenters. The molecule has 12 nitrogen and oxygen atoms in total. The lowest BCUT2D eigenvalue weighted by Gasteiger charge is -2.39. The predicted octanol–water partition coefficient (Wildman–Crippen LogP) is 6.15. The van der Waals surface area contributed by atoms with Gasteiger partial charge in [-0.2, -0.15) is 0 Å². The molecule has 4 aliphatic carbocycles. The van der Waals surface area contributed by atoms with Gasteiger partial charge < -0.3 is 30.7 Å². The van der Waals surface area contributed by atoms with E-state index in [9.17, 15) is 28.8 Å². The van der Waals surface area contributed by atoms with E-state index in [2.05, 4.69) is 24.5 Å². The number of rotatable bonds is 10. The van der Waals surface area contributed by atoms with E-state index in [1.807, 2.05) is 34.6 Å². The molecule has 5 rings (SSSR count). The van der Waals surface area contributed by atoms with E-state index in [-0.39, 0.29) is 34.7 Å². The number of ether oxygens (including phenoxy) is 2. The maximum atomic E-state index is 14.1. The number of primary amides is 1. The van der Waals surface area contributed by atoms with Gasteiger partial charge in [-0.15, -0.1) is 0 Å². The highest BCUT2D eigenvalue weighted by atomic mass is 35.5. The number of nitrogens with one attached hydrogen (secondary N) is 2.